The van der Waals surface area contributed by atoms with E-state index in [0.717, 1.165) is 25.2 Å². The molecule has 1 unspecified atom stereocenters. The van der Waals surface area contributed by atoms with Gasteiger partial charge in [0.1, 0.15) is 5.82 Å². The summed E-state index contributed by atoms with van der Waals surface area (Å²) in [5.74, 6) is 0.0237. The largest absolute Gasteiger partial charge is 0.354 e. The number of anilines is 1. The Morgan fingerprint density at radius 2 is 1.89 bits per heavy atom. The number of likely N-dealkylation sites (tertiary alicyclic amines) is 1. The minimum Gasteiger partial charge on any atom is -0.354 e. The zero-order valence-electron chi connectivity index (χ0n) is 15.4. The molecule has 1 aliphatic rings. The molecule has 2 heterocycles. The maximum atomic E-state index is 13.9. The first-order chi connectivity index (χ1) is 13.0. The Hall–Kier alpha value is -2.57. The molecule has 5 nitrogen and oxygen atoms in total. The molecular formula is C20H24F2N4O. The first-order valence-corrected chi connectivity index (χ1v) is 9.26. The number of hydrogen-bond donors (Lipinski definition) is 1. The van der Waals surface area contributed by atoms with Crippen molar-refractivity contribution in [2.24, 2.45) is 5.92 Å². The predicted molar refractivity (Wildman–Crippen MR) is 99.2 cm³/mol. The van der Waals surface area contributed by atoms with E-state index in [2.05, 4.69) is 15.3 Å². The third-order valence-electron chi connectivity index (χ3n) is 5.05. The lowest BCUT2D eigenvalue weighted by Gasteiger charge is -2.32. The summed E-state index contributed by atoms with van der Waals surface area (Å²) in [6.45, 7) is 3.97. The van der Waals surface area contributed by atoms with Crippen molar-refractivity contribution in [3.8, 4) is 0 Å². The van der Waals surface area contributed by atoms with Crippen molar-refractivity contribution in [3.63, 3.8) is 0 Å². The lowest BCUT2D eigenvalue weighted by Crippen LogP contribution is -2.40. The number of nitrogens with one attached hydrogen (secondary N) is 1. The van der Waals surface area contributed by atoms with E-state index in [-0.39, 0.29) is 17.6 Å². The lowest BCUT2D eigenvalue weighted by atomic mass is 9.94. The second kappa shape index (κ2) is 8.88. The van der Waals surface area contributed by atoms with E-state index >= 15 is 0 Å². The van der Waals surface area contributed by atoms with Gasteiger partial charge in [0.05, 0.1) is 12.4 Å². The van der Waals surface area contributed by atoms with Gasteiger partial charge in [-0.1, -0.05) is 25.1 Å². The Labute approximate surface area is 157 Å². The van der Waals surface area contributed by atoms with Crippen LogP contribution in [0.5, 0.6) is 0 Å². The Morgan fingerprint density at radius 1 is 1.22 bits per heavy atom. The van der Waals surface area contributed by atoms with Crippen LogP contribution in [0, 0.1) is 17.6 Å². The molecule has 1 aliphatic heterocycles. The van der Waals surface area contributed by atoms with Gasteiger partial charge in [0.2, 0.25) is 11.9 Å². The minimum absolute atomic E-state index is 0.0685. The zero-order chi connectivity index (χ0) is 19.2. The number of carbonyl (C=O) groups excluding carboxylic acids is 1. The fraction of sp³-hybridized carbons (Fsp3) is 0.450. The molecule has 0 spiro atoms. The van der Waals surface area contributed by atoms with Gasteiger partial charge in [-0.25, -0.2) is 18.7 Å². The van der Waals surface area contributed by atoms with Crippen molar-refractivity contribution >= 4 is 11.9 Å². The number of hydrogen-bond acceptors (Lipinski definition) is 4. The van der Waals surface area contributed by atoms with Gasteiger partial charge in [0, 0.05) is 26.1 Å². The van der Waals surface area contributed by atoms with Gasteiger partial charge in [0.25, 0.3) is 0 Å². The van der Waals surface area contributed by atoms with Crippen LogP contribution >= 0.6 is 0 Å². The standard InChI is InChI=1S/C20H24F2N4O/c1-14(17-4-2-3-5-18(17)22)10-19(27)26-8-6-15(7-9-26)11-23-20-24-12-16(21)13-25-20/h2-5,12-15H,6-11H2,1H3,(H,23,24,25). The smallest absolute Gasteiger partial charge is 0.223 e. The molecule has 1 amide bonds. The summed E-state index contributed by atoms with van der Waals surface area (Å²) >= 11 is 0. The van der Waals surface area contributed by atoms with Crippen LogP contribution in [0.2, 0.25) is 0 Å². The fourth-order valence-corrected chi connectivity index (χ4v) is 3.40. The predicted octanol–water partition coefficient (Wildman–Crippen LogP) is 3.60. The molecule has 2 aromatic rings. The fourth-order valence-electron chi connectivity index (χ4n) is 3.40. The summed E-state index contributed by atoms with van der Waals surface area (Å²) in [6.07, 6.45) is 4.34. The van der Waals surface area contributed by atoms with Gasteiger partial charge in [-0.2, -0.15) is 0 Å². The van der Waals surface area contributed by atoms with E-state index in [0.29, 0.717) is 43.5 Å². The molecule has 1 atom stereocenters. The van der Waals surface area contributed by atoms with E-state index < -0.39 is 5.82 Å². The highest BCUT2D eigenvalue weighted by atomic mass is 19.1. The Bertz CT molecular complexity index is 761. The molecule has 27 heavy (non-hydrogen) atoms. The number of rotatable bonds is 6. The third kappa shape index (κ3) is 5.21. The number of aromatic nitrogens is 2. The molecule has 0 saturated carbocycles. The summed E-state index contributed by atoms with van der Waals surface area (Å²) in [4.78, 5) is 22.2. The number of halogens is 2. The van der Waals surface area contributed by atoms with E-state index in [4.69, 9.17) is 0 Å². The van der Waals surface area contributed by atoms with E-state index in [1.165, 1.54) is 6.07 Å². The van der Waals surface area contributed by atoms with Crippen molar-refractivity contribution in [3.05, 3.63) is 53.9 Å². The van der Waals surface area contributed by atoms with Crippen molar-refractivity contribution in [1.29, 1.82) is 0 Å². The molecule has 1 saturated heterocycles. The van der Waals surface area contributed by atoms with Crippen LogP contribution < -0.4 is 5.32 Å². The van der Waals surface area contributed by atoms with Crippen molar-refractivity contribution in [1.82, 2.24) is 14.9 Å². The molecule has 1 fully saturated rings. The number of nitrogens with zero attached hydrogens (tertiary/aromatic N) is 3. The van der Waals surface area contributed by atoms with Gasteiger partial charge in [-0.15, -0.1) is 0 Å². The quantitative estimate of drug-likeness (QED) is 0.839. The van der Waals surface area contributed by atoms with Gasteiger partial charge < -0.3 is 10.2 Å². The first kappa shape index (κ1) is 19.2. The van der Waals surface area contributed by atoms with Crippen LogP contribution in [0.4, 0.5) is 14.7 Å². The number of benzene rings is 1. The topological polar surface area (TPSA) is 58.1 Å². The van der Waals surface area contributed by atoms with Gasteiger partial charge in [-0.3, -0.25) is 4.79 Å². The van der Waals surface area contributed by atoms with Crippen molar-refractivity contribution < 1.29 is 13.6 Å². The van der Waals surface area contributed by atoms with E-state index in [1.54, 1.807) is 18.2 Å². The summed E-state index contributed by atoms with van der Waals surface area (Å²) in [6, 6.07) is 6.62. The molecule has 1 aromatic carbocycles. The van der Waals surface area contributed by atoms with E-state index in [9.17, 15) is 13.6 Å². The molecule has 0 radical (unpaired) electrons. The van der Waals surface area contributed by atoms with Crippen LogP contribution in [0.25, 0.3) is 0 Å². The zero-order valence-corrected chi connectivity index (χ0v) is 15.4. The minimum atomic E-state index is -0.461. The highest BCUT2D eigenvalue weighted by Crippen LogP contribution is 2.24. The summed E-state index contributed by atoms with van der Waals surface area (Å²) in [5, 5.41) is 3.11. The molecule has 1 aromatic heterocycles. The summed E-state index contributed by atoms with van der Waals surface area (Å²) in [5.41, 5.74) is 0.587. The second-order valence-corrected chi connectivity index (χ2v) is 7.06. The number of piperidine rings is 1. The van der Waals surface area contributed by atoms with Gasteiger partial charge in [0.15, 0.2) is 5.82 Å². The van der Waals surface area contributed by atoms with Crippen molar-refractivity contribution in [2.75, 3.05) is 25.0 Å². The third-order valence-corrected chi connectivity index (χ3v) is 5.05. The molecular weight excluding hydrogens is 350 g/mol. The first-order valence-electron chi connectivity index (χ1n) is 9.26. The Kier molecular flexibility index (Phi) is 6.32. The second-order valence-electron chi connectivity index (χ2n) is 7.06. The summed E-state index contributed by atoms with van der Waals surface area (Å²) in [7, 11) is 0. The van der Waals surface area contributed by atoms with E-state index in [1.807, 2.05) is 11.8 Å². The van der Waals surface area contributed by atoms with Crippen LogP contribution in [0.3, 0.4) is 0 Å². The Balaban J connectivity index is 1.43. The normalized spacial score (nSPS) is 16.2. The molecule has 0 bridgehead atoms. The van der Waals surface area contributed by atoms with Gasteiger partial charge >= 0.3 is 0 Å². The molecule has 7 heteroatoms. The molecule has 144 valence electrons. The van der Waals surface area contributed by atoms with Crippen LogP contribution in [0.15, 0.2) is 36.7 Å². The monoisotopic (exact) mass is 374 g/mol. The lowest BCUT2D eigenvalue weighted by molar-refractivity contribution is -0.132. The summed E-state index contributed by atoms with van der Waals surface area (Å²) < 4.78 is 26.7. The highest BCUT2D eigenvalue weighted by Gasteiger charge is 2.24. The average molecular weight is 374 g/mol. The molecule has 3 rings (SSSR count). The Morgan fingerprint density at radius 3 is 2.56 bits per heavy atom. The SMILES string of the molecule is CC(CC(=O)N1CCC(CNc2ncc(F)cn2)CC1)c1ccccc1F. The average Bonchev–Trinajstić information content (AvgIpc) is 2.68. The number of carbonyl (C=O) groups is 1. The van der Waals surface area contributed by atoms with Crippen molar-refractivity contribution in [2.45, 2.75) is 32.1 Å². The van der Waals surface area contributed by atoms with Crippen LogP contribution in [-0.2, 0) is 4.79 Å². The molecule has 0 aliphatic carbocycles. The van der Waals surface area contributed by atoms with Crippen LogP contribution in [-0.4, -0.2) is 40.4 Å². The number of amides is 1. The maximum absolute atomic E-state index is 13.9. The van der Waals surface area contributed by atoms with Crippen LogP contribution in [0.1, 0.15) is 37.7 Å². The maximum Gasteiger partial charge on any atom is 0.223 e. The van der Waals surface area contributed by atoms with Gasteiger partial charge in [-0.05, 0) is 36.3 Å². The molecule has 1 N–H and O–H groups in total. The highest BCUT2D eigenvalue weighted by molar-refractivity contribution is 5.77.